The summed E-state index contributed by atoms with van der Waals surface area (Å²) >= 11 is 0. The highest BCUT2D eigenvalue weighted by Crippen LogP contribution is 2.23. The third-order valence-electron chi connectivity index (χ3n) is 4.76. The minimum atomic E-state index is 0.322. The van der Waals surface area contributed by atoms with Gasteiger partial charge in [-0.15, -0.1) is 0 Å². The lowest BCUT2D eigenvalue weighted by atomic mass is 10.0. The number of nitrogens with zero attached hydrogens (tertiary/aromatic N) is 3. The van der Waals surface area contributed by atoms with E-state index in [2.05, 4.69) is 51.1 Å². The SMILES string of the molecule is CN=C(N)c1ccc2nc(C(N)=Nc3ccc(-c4ccc(C)cc4)cc3)[nH]c2c1. The number of aromatic nitrogens is 2. The summed E-state index contributed by atoms with van der Waals surface area (Å²) in [7, 11) is 1.66. The van der Waals surface area contributed by atoms with Crippen LogP contribution >= 0.6 is 0 Å². The van der Waals surface area contributed by atoms with Gasteiger partial charge in [-0.3, -0.25) is 4.99 Å². The lowest BCUT2D eigenvalue weighted by Gasteiger charge is -2.03. The summed E-state index contributed by atoms with van der Waals surface area (Å²) < 4.78 is 0. The first kappa shape index (κ1) is 18.4. The molecule has 0 radical (unpaired) electrons. The largest absolute Gasteiger partial charge is 0.384 e. The molecule has 0 aliphatic rings. The molecule has 0 aliphatic carbocycles. The number of amidine groups is 2. The molecular formula is C23H22N6. The molecule has 3 aromatic carbocycles. The smallest absolute Gasteiger partial charge is 0.174 e. The van der Waals surface area contributed by atoms with Crippen LogP contribution in [0.2, 0.25) is 0 Å². The van der Waals surface area contributed by atoms with Gasteiger partial charge < -0.3 is 16.5 Å². The number of H-pyrrole nitrogens is 1. The number of rotatable bonds is 4. The molecule has 0 saturated heterocycles. The van der Waals surface area contributed by atoms with Gasteiger partial charge in [-0.1, -0.05) is 42.0 Å². The van der Waals surface area contributed by atoms with E-state index in [-0.39, 0.29) is 0 Å². The molecule has 0 amide bonds. The van der Waals surface area contributed by atoms with Crippen molar-refractivity contribution >= 4 is 28.4 Å². The summed E-state index contributed by atoms with van der Waals surface area (Å²) in [5, 5.41) is 0. The highest BCUT2D eigenvalue weighted by Gasteiger charge is 2.09. The van der Waals surface area contributed by atoms with Gasteiger partial charge in [-0.2, -0.15) is 0 Å². The van der Waals surface area contributed by atoms with Gasteiger partial charge >= 0.3 is 0 Å². The zero-order chi connectivity index (χ0) is 20.4. The summed E-state index contributed by atoms with van der Waals surface area (Å²) in [6.45, 7) is 2.08. The van der Waals surface area contributed by atoms with Crippen molar-refractivity contribution in [3.8, 4) is 11.1 Å². The number of hydrogen-bond acceptors (Lipinski definition) is 3. The molecule has 4 rings (SSSR count). The van der Waals surface area contributed by atoms with E-state index < -0.39 is 0 Å². The third-order valence-corrected chi connectivity index (χ3v) is 4.76. The summed E-state index contributed by atoms with van der Waals surface area (Å²) in [5.74, 6) is 1.31. The van der Waals surface area contributed by atoms with Crippen molar-refractivity contribution in [2.24, 2.45) is 21.5 Å². The molecule has 0 spiro atoms. The third kappa shape index (κ3) is 3.87. The number of aryl methyl sites for hydroxylation is 1. The summed E-state index contributed by atoms with van der Waals surface area (Å²) in [4.78, 5) is 16.2. The molecule has 4 aromatic rings. The number of nitrogens with two attached hydrogens (primary N) is 2. The number of hydrogen-bond donors (Lipinski definition) is 3. The highest BCUT2D eigenvalue weighted by atomic mass is 15.0. The predicted octanol–water partition coefficient (Wildman–Crippen LogP) is 3.91. The van der Waals surface area contributed by atoms with Gasteiger partial charge in [0.15, 0.2) is 11.7 Å². The number of nitrogens with one attached hydrogen (secondary N) is 1. The molecule has 0 aliphatic heterocycles. The summed E-state index contributed by atoms with van der Waals surface area (Å²) in [6.07, 6.45) is 0. The van der Waals surface area contributed by atoms with Crippen LogP contribution in [0, 0.1) is 6.92 Å². The first-order valence-corrected chi connectivity index (χ1v) is 9.27. The molecule has 5 N–H and O–H groups in total. The van der Waals surface area contributed by atoms with Crippen molar-refractivity contribution in [1.29, 1.82) is 0 Å². The van der Waals surface area contributed by atoms with E-state index in [1.54, 1.807) is 7.05 Å². The van der Waals surface area contributed by atoms with Gasteiger partial charge in [0.1, 0.15) is 5.84 Å². The number of imidazole rings is 1. The molecule has 6 heteroatoms. The second-order valence-corrected chi connectivity index (χ2v) is 6.84. The predicted molar refractivity (Wildman–Crippen MR) is 120 cm³/mol. The maximum atomic E-state index is 6.19. The quantitative estimate of drug-likeness (QED) is 0.368. The lowest BCUT2D eigenvalue weighted by molar-refractivity contribution is 1.26. The Kier molecular flexibility index (Phi) is 4.83. The van der Waals surface area contributed by atoms with Gasteiger partial charge in [0.25, 0.3) is 0 Å². The Morgan fingerprint density at radius 3 is 2.17 bits per heavy atom. The number of fused-ring (bicyclic) bond motifs is 1. The van der Waals surface area contributed by atoms with Crippen LogP contribution in [0.3, 0.4) is 0 Å². The van der Waals surface area contributed by atoms with E-state index in [9.17, 15) is 0 Å². The Hall–Kier alpha value is -3.93. The van der Waals surface area contributed by atoms with Crippen molar-refractivity contribution in [3.05, 3.63) is 83.7 Å². The van der Waals surface area contributed by atoms with Crippen LogP contribution < -0.4 is 11.5 Å². The molecule has 29 heavy (non-hydrogen) atoms. The molecule has 144 valence electrons. The Labute approximate surface area is 169 Å². The van der Waals surface area contributed by atoms with Crippen LogP contribution in [0.15, 0.2) is 76.7 Å². The van der Waals surface area contributed by atoms with E-state index in [0.29, 0.717) is 17.5 Å². The van der Waals surface area contributed by atoms with E-state index in [0.717, 1.165) is 27.8 Å². The van der Waals surface area contributed by atoms with Crippen molar-refractivity contribution < 1.29 is 0 Å². The van der Waals surface area contributed by atoms with E-state index in [1.807, 2.05) is 42.5 Å². The second-order valence-electron chi connectivity index (χ2n) is 6.84. The molecular weight excluding hydrogens is 360 g/mol. The monoisotopic (exact) mass is 382 g/mol. The van der Waals surface area contributed by atoms with Crippen LogP contribution in [0.25, 0.3) is 22.2 Å². The first-order chi connectivity index (χ1) is 14.0. The normalized spacial score (nSPS) is 12.5. The maximum absolute atomic E-state index is 6.19. The van der Waals surface area contributed by atoms with Crippen LogP contribution in [0.1, 0.15) is 17.0 Å². The standard InChI is InChI=1S/C23H22N6/c1-14-3-5-15(6-4-14)16-7-10-18(11-8-16)27-22(25)23-28-19-12-9-17(21(24)26-2)13-20(19)29-23/h3-13H,1-2H3,(H2,24,26)(H2,25,27)(H,28,29). The molecule has 0 fully saturated rings. The summed E-state index contributed by atoms with van der Waals surface area (Å²) in [5.41, 5.74) is 18.8. The first-order valence-electron chi connectivity index (χ1n) is 9.27. The fourth-order valence-corrected chi connectivity index (χ4v) is 3.09. The zero-order valence-corrected chi connectivity index (χ0v) is 16.3. The number of aliphatic imine (C=N–C) groups is 2. The molecule has 0 saturated carbocycles. The van der Waals surface area contributed by atoms with Crippen LogP contribution in [0.5, 0.6) is 0 Å². The molecule has 1 heterocycles. The van der Waals surface area contributed by atoms with Crippen molar-refractivity contribution in [1.82, 2.24) is 9.97 Å². The van der Waals surface area contributed by atoms with Crippen LogP contribution in [-0.4, -0.2) is 28.7 Å². The maximum Gasteiger partial charge on any atom is 0.174 e. The topological polar surface area (TPSA) is 105 Å². The van der Waals surface area contributed by atoms with Crippen LogP contribution in [0.4, 0.5) is 5.69 Å². The average molecular weight is 382 g/mol. The van der Waals surface area contributed by atoms with E-state index in [4.69, 9.17) is 11.5 Å². The minimum absolute atomic E-state index is 0.322. The van der Waals surface area contributed by atoms with Gasteiger partial charge in [-0.05, 0) is 48.4 Å². The van der Waals surface area contributed by atoms with Gasteiger partial charge in [0.2, 0.25) is 0 Å². The Bertz CT molecular complexity index is 1210. The van der Waals surface area contributed by atoms with Crippen LogP contribution in [-0.2, 0) is 0 Å². The molecule has 0 atom stereocenters. The molecule has 0 unspecified atom stereocenters. The van der Waals surface area contributed by atoms with Gasteiger partial charge in [0, 0.05) is 12.6 Å². The Balaban J connectivity index is 1.60. The lowest BCUT2D eigenvalue weighted by Crippen LogP contribution is -2.14. The van der Waals surface area contributed by atoms with E-state index >= 15 is 0 Å². The molecule has 0 bridgehead atoms. The number of aromatic amines is 1. The van der Waals surface area contributed by atoms with Crippen molar-refractivity contribution in [2.45, 2.75) is 6.92 Å². The highest BCUT2D eigenvalue weighted by molar-refractivity contribution is 6.02. The second kappa shape index (κ2) is 7.59. The fraction of sp³-hybridized carbons (Fsp3) is 0.0870. The van der Waals surface area contributed by atoms with Gasteiger partial charge in [-0.25, -0.2) is 9.98 Å². The Morgan fingerprint density at radius 2 is 1.52 bits per heavy atom. The van der Waals surface area contributed by atoms with Crippen molar-refractivity contribution in [3.63, 3.8) is 0 Å². The Morgan fingerprint density at radius 1 is 0.862 bits per heavy atom. The number of benzene rings is 3. The molecule has 1 aromatic heterocycles. The van der Waals surface area contributed by atoms with Gasteiger partial charge in [0.05, 0.1) is 16.7 Å². The minimum Gasteiger partial charge on any atom is -0.384 e. The van der Waals surface area contributed by atoms with E-state index in [1.165, 1.54) is 11.1 Å². The average Bonchev–Trinajstić information content (AvgIpc) is 3.18. The zero-order valence-electron chi connectivity index (χ0n) is 16.3. The fourth-order valence-electron chi connectivity index (χ4n) is 3.09. The summed E-state index contributed by atoms with van der Waals surface area (Å²) in [6, 6.07) is 22.1. The van der Waals surface area contributed by atoms with Crippen molar-refractivity contribution in [2.75, 3.05) is 7.05 Å². The molecule has 6 nitrogen and oxygen atoms in total.